The zero-order valence-electron chi connectivity index (χ0n) is 19.3. The van der Waals surface area contributed by atoms with Gasteiger partial charge in [-0.25, -0.2) is 0 Å². The lowest BCUT2D eigenvalue weighted by Crippen LogP contribution is -2.39. The largest absolute Gasteiger partial charge is 0.324 e. The van der Waals surface area contributed by atoms with Gasteiger partial charge in [-0.3, -0.25) is 0 Å². The van der Waals surface area contributed by atoms with E-state index in [2.05, 4.69) is 117 Å². The van der Waals surface area contributed by atoms with Crippen LogP contribution in [0.2, 0.25) is 0 Å². The number of rotatable bonds is 2. The molecule has 0 saturated carbocycles. The molecular formula is C32H29N. The van der Waals surface area contributed by atoms with E-state index < -0.39 is 0 Å². The van der Waals surface area contributed by atoms with Crippen LogP contribution in [0, 0.1) is 11.3 Å². The third kappa shape index (κ3) is 2.53. The summed E-state index contributed by atoms with van der Waals surface area (Å²) in [7, 11) is 0. The van der Waals surface area contributed by atoms with Crippen molar-refractivity contribution in [2.24, 2.45) is 17.1 Å². The predicted molar refractivity (Wildman–Crippen MR) is 138 cm³/mol. The molecule has 1 nitrogen and oxygen atoms in total. The number of nitrogens with two attached hydrogens (primary N) is 1. The van der Waals surface area contributed by atoms with Crippen LogP contribution in [-0.4, -0.2) is 6.04 Å². The van der Waals surface area contributed by atoms with Crippen LogP contribution in [0.15, 0.2) is 131 Å². The Morgan fingerprint density at radius 3 is 2.76 bits per heavy atom. The monoisotopic (exact) mass is 427 g/mol. The summed E-state index contributed by atoms with van der Waals surface area (Å²) in [6.45, 7) is 9.16. The molecule has 162 valence electrons. The Kier molecular flexibility index (Phi) is 4.33. The van der Waals surface area contributed by atoms with Crippen LogP contribution in [0.4, 0.5) is 0 Å². The Morgan fingerprint density at radius 2 is 1.91 bits per heavy atom. The van der Waals surface area contributed by atoms with E-state index in [1.165, 1.54) is 33.4 Å². The van der Waals surface area contributed by atoms with Crippen molar-refractivity contribution < 1.29 is 0 Å². The van der Waals surface area contributed by atoms with Crippen LogP contribution in [0.5, 0.6) is 0 Å². The van der Waals surface area contributed by atoms with Gasteiger partial charge in [0.05, 0.1) is 5.41 Å². The van der Waals surface area contributed by atoms with Gasteiger partial charge in [-0.2, -0.15) is 0 Å². The molecule has 33 heavy (non-hydrogen) atoms. The molecule has 0 saturated heterocycles. The third-order valence-electron chi connectivity index (χ3n) is 8.11. The van der Waals surface area contributed by atoms with E-state index in [0.29, 0.717) is 0 Å². The normalized spacial score (nSPS) is 32.5. The van der Waals surface area contributed by atoms with Gasteiger partial charge in [0, 0.05) is 28.5 Å². The van der Waals surface area contributed by atoms with E-state index in [0.717, 1.165) is 17.6 Å². The Bertz CT molecular complexity index is 1370. The number of fused-ring (bicyclic) bond motifs is 7. The maximum absolute atomic E-state index is 6.58. The standard InChI is InChI=1S/C32H29N/c1-4-24(33)20-28-21(2)25-13-7-8-14-26(25)32(28)27-17-16-22-11-5-6-12-23(19-22)30(27)31(3)18-10-9-15-29(31)32/h5-18,20,24,29H,2,4,33H2,1,3H3/b28-20+. The molecule has 4 atom stereocenters. The van der Waals surface area contributed by atoms with E-state index in [-0.39, 0.29) is 22.8 Å². The van der Waals surface area contributed by atoms with Crippen LogP contribution in [0.3, 0.4) is 0 Å². The average Bonchev–Trinajstić information content (AvgIpc) is 3.01. The van der Waals surface area contributed by atoms with Gasteiger partial charge in [-0.05, 0) is 58.1 Å². The topological polar surface area (TPSA) is 26.0 Å². The molecule has 1 spiro atoms. The van der Waals surface area contributed by atoms with Gasteiger partial charge in [-0.15, -0.1) is 5.73 Å². The molecule has 0 aliphatic heterocycles. The fourth-order valence-corrected chi connectivity index (χ4v) is 6.65. The molecule has 0 aromatic heterocycles. The number of allylic oxidation sites excluding steroid dienone is 15. The van der Waals surface area contributed by atoms with Crippen molar-refractivity contribution in [3.8, 4) is 0 Å². The maximum atomic E-state index is 6.58. The zero-order valence-corrected chi connectivity index (χ0v) is 19.3. The second kappa shape index (κ2) is 7.06. The summed E-state index contributed by atoms with van der Waals surface area (Å²) in [6.07, 6.45) is 25.6. The molecule has 0 amide bonds. The number of hydrogen-bond acceptors (Lipinski definition) is 1. The second-order valence-corrected chi connectivity index (χ2v) is 9.82. The fourth-order valence-electron chi connectivity index (χ4n) is 6.65. The van der Waals surface area contributed by atoms with Gasteiger partial charge in [0.15, 0.2) is 0 Å². The van der Waals surface area contributed by atoms with Crippen LogP contribution < -0.4 is 5.73 Å². The molecule has 6 rings (SSSR count). The Balaban J connectivity index is 1.76. The van der Waals surface area contributed by atoms with Gasteiger partial charge in [0.25, 0.3) is 0 Å². The molecule has 5 aliphatic carbocycles. The first-order valence-electron chi connectivity index (χ1n) is 11.9. The Hall–Kier alpha value is -3.38. The van der Waals surface area contributed by atoms with Gasteiger partial charge < -0.3 is 5.73 Å². The number of hydrogen-bond donors (Lipinski definition) is 1. The Labute approximate surface area is 196 Å². The summed E-state index contributed by atoms with van der Waals surface area (Å²) in [4.78, 5) is 0. The first kappa shape index (κ1) is 20.2. The van der Waals surface area contributed by atoms with Crippen LogP contribution >= 0.6 is 0 Å². The third-order valence-corrected chi connectivity index (χ3v) is 8.11. The average molecular weight is 428 g/mol. The summed E-state index contributed by atoms with van der Waals surface area (Å²) in [6, 6.07) is 8.81. The van der Waals surface area contributed by atoms with Gasteiger partial charge in [0.1, 0.15) is 0 Å². The van der Waals surface area contributed by atoms with Gasteiger partial charge >= 0.3 is 0 Å². The highest BCUT2D eigenvalue weighted by atomic mass is 14.7. The molecule has 4 unspecified atom stereocenters. The molecule has 0 radical (unpaired) electrons. The fraction of sp³-hybridized carbons (Fsp3) is 0.219. The van der Waals surface area contributed by atoms with Crippen LogP contribution in [0.25, 0.3) is 5.57 Å². The minimum atomic E-state index is -0.332. The first-order valence-corrected chi connectivity index (χ1v) is 11.9. The van der Waals surface area contributed by atoms with Crippen molar-refractivity contribution in [1.82, 2.24) is 0 Å². The van der Waals surface area contributed by atoms with Gasteiger partial charge in [-0.1, -0.05) is 93.3 Å². The molecule has 2 N–H and O–H groups in total. The molecule has 1 aromatic carbocycles. The van der Waals surface area contributed by atoms with Crippen molar-refractivity contribution in [2.75, 3.05) is 0 Å². The summed E-state index contributed by atoms with van der Waals surface area (Å²) in [5.41, 5.74) is 19.7. The lowest BCUT2D eigenvalue weighted by Gasteiger charge is -2.42. The minimum Gasteiger partial charge on any atom is -0.324 e. The summed E-state index contributed by atoms with van der Waals surface area (Å²) in [5, 5.41) is 0. The van der Waals surface area contributed by atoms with E-state index in [4.69, 9.17) is 5.73 Å². The molecule has 0 fully saturated rings. The lowest BCUT2D eigenvalue weighted by atomic mass is 9.59. The van der Waals surface area contributed by atoms with Gasteiger partial charge in [0.2, 0.25) is 0 Å². The maximum Gasteiger partial charge on any atom is 0.0538 e. The van der Waals surface area contributed by atoms with Crippen molar-refractivity contribution in [3.63, 3.8) is 0 Å². The molecular weight excluding hydrogens is 398 g/mol. The smallest absolute Gasteiger partial charge is 0.0538 e. The highest BCUT2D eigenvalue weighted by Gasteiger charge is 2.63. The van der Waals surface area contributed by atoms with E-state index in [1.807, 2.05) is 0 Å². The van der Waals surface area contributed by atoms with Crippen molar-refractivity contribution >= 4 is 5.57 Å². The van der Waals surface area contributed by atoms with Crippen LogP contribution in [0.1, 0.15) is 31.4 Å². The molecule has 1 aromatic rings. The zero-order chi connectivity index (χ0) is 22.8. The van der Waals surface area contributed by atoms with E-state index >= 15 is 0 Å². The molecule has 0 heterocycles. The SMILES string of the molecule is C=C1/C(=C\C(N)CC)C2(C3=C(C4=C=C(C=CC=C4)C=C3)C3(C)C=CC=CC32)c2ccccc21. The highest BCUT2D eigenvalue weighted by molar-refractivity contribution is 5.93. The van der Waals surface area contributed by atoms with Crippen LogP contribution in [-0.2, 0) is 5.41 Å². The Morgan fingerprint density at radius 1 is 1.09 bits per heavy atom. The lowest BCUT2D eigenvalue weighted by molar-refractivity contribution is 0.324. The van der Waals surface area contributed by atoms with Crippen molar-refractivity contribution in [1.29, 1.82) is 0 Å². The second-order valence-electron chi connectivity index (χ2n) is 9.82. The van der Waals surface area contributed by atoms with E-state index in [9.17, 15) is 0 Å². The molecule has 5 aliphatic rings. The summed E-state index contributed by atoms with van der Waals surface area (Å²) in [5.74, 6) is 0.223. The minimum absolute atomic E-state index is 0.0119. The van der Waals surface area contributed by atoms with Crippen molar-refractivity contribution in [3.05, 3.63) is 142 Å². The molecule has 2 bridgehead atoms. The summed E-state index contributed by atoms with van der Waals surface area (Å²) >= 11 is 0. The predicted octanol–water partition coefficient (Wildman–Crippen LogP) is 6.82. The van der Waals surface area contributed by atoms with Crippen molar-refractivity contribution in [2.45, 2.75) is 31.7 Å². The summed E-state index contributed by atoms with van der Waals surface area (Å²) < 4.78 is 0. The quantitative estimate of drug-likeness (QED) is 0.515. The van der Waals surface area contributed by atoms with E-state index in [1.54, 1.807) is 0 Å². The molecule has 1 heteroatoms. The first-order chi connectivity index (χ1) is 16.0. The highest BCUT2D eigenvalue weighted by Crippen LogP contribution is 2.70. The number of benzene rings is 1.